The van der Waals surface area contributed by atoms with Gasteiger partial charge in [0.15, 0.2) is 17.1 Å². The lowest BCUT2D eigenvalue weighted by atomic mass is 10.00. The third kappa shape index (κ3) is 9.17. The Labute approximate surface area is 324 Å². The minimum Gasteiger partial charge on any atom is -0.383 e. The van der Waals surface area contributed by atoms with Crippen molar-refractivity contribution in [3.8, 4) is 11.1 Å². The van der Waals surface area contributed by atoms with Crippen molar-refractivity contribution >= 4 is 28.6 Å². The van der Waals surface area contributed by atoms with E-state index in [1.165, 1.54) is 60.4 Å². The average molecular weight is 761 g/mol. The Morgan fingerprint density at radius 2 is 1.72 bits per heavy atom. The molecule has 53 heavy (non-hydrogen) atoms. The molecule has 278 valence electrons. The first kappa shape index (κ1) is 26.3. The molecule has 4 aromatic carbocycles. The first-order chi connectivity index (χ1) is 29.7. The molecule has 0 N–H and O–H groups in total. The van der Waals surface area contributed by atoms with Gasteiger partial charge < -0.3 is 19.1 Å². The number of fused-ring (bicyclic) bond motifs is 1. The fraction of sp³-hybridized carbons (Fsp3) is 0.317. The van der Waals surface area contributed by atoms with Gasteiger partial charge in [0.25, 0.3) is 0 Å². The highest BCUT2D eigenvalue weighted by atomic mass is 32.2. The predicted octanol–water partition coefficient (Wildman–Crippen LogP) is 8.71. The maximum Gasteiger partial charge on any atom is 0.416 e. The molecule has 12 heteroatoms. The smallest absolute Gasteiger partial charge is 0.383 e. The number of amides is 1. The van der Waals surface area contributed by atoms with E-state index in [4.69, 9.17) is 17.1 Å². The number of nitrogens with zero attached hydrogens (tertiary/aromatic N) is 3. The molecule has 0 unspecified atom stereocenters. The summed E-state index contributed by atoms with van der Waals surface area (Å²) in [5, 5.41) is -0.801. The molecule has 1 aliphatic rings. The molecule has 1 aromatic heterocycles. The number of methoxy groups -OCH3 is 1. The molecule has 2 heterocycles. The summed E-state index contributed by atoms with van der Waals surface area (Å²) in [6.45, 7) is -5.66. The summed E-state index contributed by atoms with van der Waals surface area (Å²) >= 11 is 0.643. The largest absolute Gasteiger partial charge is 0.416 e. The Morgan fingerprint density at radius 3 is 2.40 bits per heavy atom. The van der Waals surface area contributed by atoms with E-state index in [0.717, 1.165) is 27.7 Å². The van der Waals surface area contributed by atoms with Crippen LogP contribution in [0.25, 0.3) is 22.0 Å². The van der Waals surface area contributed by atoms with Gasteiger partial charge >= 0.3 is 6.18 Å². The summed E-state index contributed by atoms with van der Waals surface area (Å²) in [6, 6.07) is 9.89. The van der Waals surface area contributed by atoms with Gasteiger partial charge in [0.05, 0.1) is 35.0 Å². The number of pyridine rings is 1. The molecule has 1 fully saturated rings. The van der Waals surface area contributed by atoms with Crippen molar-refractivity contribution in [3.63, 3.8) is 0 Å². The number of carbonyl (C=O) groups excluding carboxylic acids is 1. The Balaban J connectivity index is 1.44. The number of aromatic nitrogens is 1. The summed E-state index contributed by atoms with van der Waals surface area (Å²) in [4.78, 5) is 31.0. The van der Waals surface area contributed by atoms with Crippen LogP contribution in [0.4, 0.5) is 22.0 Å². The molecular formula is C41H40F5N3O3S. The van der Waals surface area contributed by atoms with Crippen molar-refractivity contribution in [2.75, 3.05) is 33.2 Å². The van der Waals surface area contributed by atoms with E-state index in [1.807, 2.05) is 0 Å². The maximum atomic E-state index is 15.0. The van der Waals surface area contributed by atoms with E-state index >= 15 is 4.79 Å². The van der Waals surface area contributed by atoms with Crippen molar-refractivity contribution in [3.05, 3.63) is 135 Å². The van der Waals surface area contributed by atoms with Gasteiger partial charge in [-0.25, -0.2) is 8.78 Å². The lowest BCUT2D eigenvalue weighted by Crippen LogP contribution is -2.48. The van der Waals surface area contributed by atoms with Crippen molar-refractivity contribution in [1.29, 1.82) is 0 Å². The van der Waals surface area contributed by atoms with Crippen LogP contribution in [0.3, 0.4) is 0 Å². The third-order valence-electron chi connectivity index (χ3n) is 8.71. The lowest BCUT2D eigenvalue weighted by molar-refractivity contribution is -0.137. The zero-order valence-corrected chi connectivity index (χ0v) is 29.1. The molecule has 5 aromatic rings. The molecule has 0 spiro atoms. The molecule has 0 saturated carbocycles. The van der Waals surface area contributed by atoms with Crippen LogP contribution in [0.5, 0.6) is 0 Å². The van der Waals surface area contributed by atoms with Crippen molar-refractivity contribution < 1.29 is 46.6 Å². The van der Waals surface area contributed by atoms with Gasteiger partial charge in [-0.2, -0.15) is 13.2 Å². The molecule has 0 bridgehead atoms. The second kappa shape index (κ2) is 16.7. The van der Waals surface area contributed by atoms with Crippen LogP contribution in [-0.2, 0) is 34.5 Å². The number of piperidine rings is 1. The van der Waals surface area contributed by atoms with Gasteiger partial charge in [-0.3, -0.25) is 9.59 Å². The fourth-order valence-corrected chi connectivity index (χ4v) is 6.95. The topological polar surface area (TPSA) is 54.8 Å². The van der Waals surface area contributed by atoms with Gasteiger partial charge in [0, 0.05) is 64.6 Å². The lowest BCUT2D eigenvalue weighted by Gasteiger charge is -2.39. The van der Waals surface area contributed by atoms with E-state index in [0.29, 0.717) is 22.9 Å². The highest BCUT2D eigenvalue weighted by molar-refractivity contribution is 7.98. The molecule has 1 aliphatic heterocycles. The molecule has 0 radical (unpaired) electrons. The van der Waals surface area contributed by atoms with Crippen LogP contribution in [0.1, 0.15) is 50.2 Å². The zero-order valence-electron chi connectivity index (χ0n) is 39.2. The number of thioether (sulfide) groups is 1. The standard InChI is InChI=1S/C41H40F5N3O3S/c1-27-6-15-36-34(22-27)37(50)23-39(53-26-31-4-3-5-35(42)40(31)43)49(36)25-38(51)48(33-16-18-47(19-17-33)20-21-52-2)24-28-7-9-29(10-8-28)30-11-13-32(14-12-30)41(44,45)46/h3-15,22-23,33H,16-21,24-26H2,1-2H3/i2D3,6D,15D,20D2,22D,23D,24D2. The van der Waals surface area contributed by atoms with Gasteiger partial charge in [-0.05, 0) is 66.7 Å². The third-order valence-corrected chi connectivity index (χ3v) is 9.76. The monoisotopic (exact) mass is 760 g/mol. The average Bonchev–Trinajstić information content (AvgIpc) is 3.23. The fourth-order valence-electron chi connectivity index (χ4n) is 5.96. The number of benzene rings is 4. The summed E-state index contributed by atoms with van der Waals surface area (Å²) in [7, 11) is -2.89. The number of rotatable bonds is 12. The Kier molecular flexibility index (Phi) is 8.26. The number of halogens is 5. The Hall–Kier alpha value is -4.52. The van der Waals surface area contributed by atoms with E-state index < -0.39 is 115 Å². The van der Waals surface area contributed by atoms with Crippen LogP contribution in [0.2, 0.25) is 0 Å². The molecule has 1 amide bonds. The molecular weight excluding hydrogens is 710 g/mol. The number of hydrogen-bond acceptors (Lipinski definition) is 5. The quantitative estimate of drug-likeness (QED) is 0.0942. The van der Waals surface area contributed by atoms with Gasteiger partial charge in [-0.15, -0.1) is 11.8 Å². The molecule has 6 nitrogen and oxygen atoms in total. The van der Waals surface area contributed by atoms with E-state index in [1.54, 1.807) is 0 Å². The number of alkyl halides is 3. The van der Waals surface area contributed by atoms with Crippen molar-refractivity contribution in [1.82, 2.24) is 14.4 Å². The second-order valence-corrected chi connectivity index (χ2v) is 13.2. The zero-order chi connectivity index (χ0) is 47.3. The van der Waals surface area contributed by atoms with Crippen LogP contribution < -0.4 is 5.43 Å². The summed E-state index contributed by atoms with van der Waals surface area (Å²) in [6.07, 6.45) is -4.72. The van der Waals surface area contributed by atoms with Crippen LogP contribution in [0, 0.1) is 18.6 Å². The highest BCUT2D eigenvalue weighted by Crippen LogP contribution is 2.32. The van der Waals surface area contributed by atoms with E-state index in [2.05, 4.69) is 0 Å². The number of hydrogen-bond donors (Lipinski definition) is 0. The van der Waals surface area contributed by atoms with Gasteiger partial charge in [0.2, 0.25) is 5.91 Å². The Morgan fingerprint density at radius 1 is 1.02 bits per heavy atom. The molecule has 0 atom stereocenters. The summed E-state index contributed by atoms with van der Waals surface area (Å²) in [5.74, 6) is -3.79. The number of ether oxygens (including phenoxy) is 1. The molecule has 0 aliphatic carbocycles. The van der Waals surface area contributed by atoms with E-state index in [-0.39, 0.29) is 47.6 Å². The Bertz CT molecular complexity index is 2620. The van der Waals surface area contributed by atoms with Crippen molar-refractivity contribution in [2.45, 2.75) is 55.8 Å². The predicted molar refractivity (Wildman–Crippen MR) is 198 cm³/mol. The van der Waals surface area contributed by atoms with Crippen LogP contribution in [0.15, 0.2) is 101 Å². The molecule has 6 rings (SSSR count). The maximum absolute atomic E-state index is 15.0. The minimum absolute atomic E-state index is 0.0669. The van der Waals surface area contributed by atoms with Crippen LogP contribution in [-0.4, -0.2) is 59.5 Å². The minimum atomic E-state index is -4.57. The normalized spacial score (nSPS) is 18.0. The SMILES string of the molecule is [2H]c1c(C)c([2H])c2c(=O)c([2H])c(SCc3cccc(F)c3F)n(CC(=O)N(C3CCN(C([2H])([2H])COC([2H])([2H])[2H])CC3)C([2H])([2H])c3ccc(-c4ccc(C(F)(F)F)cc4)cc3)c2c1[2H]. The van der Waals surface area contributed by atoms with Crippen molar-refractivity contribution in [2.24, 2.45) is 0 Å². The van der Waals surface area contributed by atoms with Crippen LogP contribution >= 0.6 is 11.8 Å². The van der Waals surface area contributed by atoms with Gasteiger partial charge in [-0.1, -0.05) is 60.1 Å². The second-order valence-electron chi connectivity index (χ2n) is 12.3. The highest BCUT2D eigenvalue weighted by Gasteiger charge is 2.31. The van der Waals surface area contributed by atoms with E-state index in [9.17, 15) is 29.5 Å². The first-order valence-electron chi connectivity index (χ1n) is 21.9. The summed E-state index contributed by atoms with van der Waals surface area (Å²) in [5.41, 5.74) is -1.87. The number of likely N-dealkylation sites (tertiary alicyclic amines) is 1. The summed E-state index contributed by atoms with van der Waals surface area (Å²) < 4.78 is 168. The number of carbonyl (C=O) groups is 1. The molecule has 1 saturated heterocycles. The van der Waals surface area contributed by atoms with Gasteiger partial charge in [0.1, 0.15) is 6.54 Å². The first-order valence-corrected chi connectivity index (χ1v) is 17.4.